The predicted molar refractivity (Wildman–Crippen MR) is 57.1 cm³/mol. The Kier molecular flexibility index (Phi) is 6.63. The number of halogens is 3. The zero-order valence-electron chi connectivity index (χ0n) is 9.28. The van der Waals surface area contributed by atoms with E-state index in [9.17, 15) is 13.2 Å². The predicted octanol–water partition coefficient (Wildman–Crippen LogP) is 2.64. The van der Waals surface area contributed by atoms with Crippen molar-refractivity contribution in [3.05, 3.63) is 0 Å². The quantitative estimate of drug-likeness (QED) is 0.727. The summed E-state index contributed by atoms with van der Waals surface area (Å²) in [5.41, 5.74) is -4.31. The fourth-order valence-corrected chi connectivity index (χ4v) is 1.27. The van der Waals surface area contributed by atoms with Crippen LogP contribution in [0.2, 0.25) is 0 Å². The Hall–Kier alpha value is 0.0600. The van der Waals surface area contributed by atoms with Crippen LogP contribution in [0, 0.1) is 0 Å². The second-order valence-corrected chi connectivity index (χ2v) is 5.16. The molecular formula is C9H18F3NOS. The lowest BCUT2D eigenvalue weighted by molar-refractivity contribution is -0.0327. The van der Waals surface area contributed by atoms with E-state index in [-0.39, 0.29) is 23.1 Å². The van der Waals surface area contributed by atoms with Crippen LogP contribution in [-0.2, 0) is 4.74 Å². The number of hydrogen-bond donors (Lipinski definition) is 1. The van der Waals surface area contributed by atoms with Crippen molar-refractivity contribution in [2.75, 3.05) is 25.4 Å². The first kappa shape index (κ1) is 15.1. The third-order valence-electron chi connectivity index (χ3n) is 1.36. The van der Waals surface area contributed by atoms with Crippen LogP contribution in [0.1, 0.15) is 20.8 Å². The molecule has 92 valence electrons. The summed E-state index contributed by atoms with van der Waals surface area (Å²) in [5.74, 6) is 0.0407. The van der Waals surface area contributed by atoms with Crippen molar-refractivity contribution in [3.8, 4) is 0 Å². The van der Waals surface area contributed by atoms with Gasteiger partial charge in [-0.2, -0.15) is 13.2 Å². The van der Waals surface area contributed by atoms with E-state index >= 15 is 0 Å². The fraction of sp³-hybridized carbons (Fsp3) is 1.00. The van der Waals surface area contributed by atoms with Crippen LogP contribution in [0.4, 0.5) is 13.2 Å². The molecule has 0 saturated heterocycles. The highest BCUT2D eigenvalue weighted by molar-refractivity contribution is 8.00. The van der Waals surface area contributed by atoms with Crippen molar-refractivity contribution in [1.82, 2.24) is 5.32 Å². The highest BCUT2D eigenvalue weighted by atomic mass is 32.2. The molecule has 0 aromatic rings. The Morgan fingerprint density at radius 2 is 1.73 bits per heavy atom. The minimum absolute atomic E-state index is 0.00616. The summed E-state index contributed by atoms with van der Waals surface area (Å²) in [6.07, 6.45) is 0. The van der Waals surface area contributed by atoms with E-state index in [0.717, 1.165) is 0 Å². The van der Waals surface area contributed by atoms with Gasteiger partial charge in [0, 0.05) is 18.8 Å². The Bertz CT molecular complexity index is 150. The molecule has 0 radical (unpaired) electrons. The standard InChI is InChI=1S/C9H18F3NOS/c1-8(2,3)14-6-4-13-5-7-15-9(10,11)12/h13H,4-7H2,1-3H3. The van der Waals surface area contributed by atoms with Crippen LogP contribution in [0.5, 0.6) is 0 Å². The fourth-order valence-electron chi connectivity index (χ4n) is 0.793. The molecule has 0 atom stereocenters. The maximum Gasteiger partial charge on any atom is 0.441 e. The van der Waals surface area contributed by atoms with Crippen molar-refractivity contribution in [3.63, 3.8) is 0 Å². The van der Waals surface area contributed by atoms with Crippen molar-refractivity contribution in [1.29, 1.82) is 0 Å². The number of alkyl halides is 3. The molecule has 0 aromatic heterocycles. The van der Waals surface area contributed by atoms with Gasteiger partial charge in [-0.1, -0.05) is 0 Å². The second kappa shape index (κ2) is 6.60. The zero-order chi connectivity index (χ0) is 11.9. The topological polar surface area (TPSA) is 21.3 Å². The molecule has 15 heavy (non-hydrogen) atoms. The molecule has 0 aliphatic rings. The highest BCUT2D eigenvalue weighted by Crippen LogP contribution is 2.29. The normalized spacial score (nSPS) is 13.2. The minimum atomic E-state index is -4.12. The molecule has 0 aliphatic heterocycles. The molecule has 0 aromatic carbocycles. The minimum Gasteiger partial charge on any atom is -0.375 e. The lowest BCUT2D eigenvalue weighted by Gasteiger charge is -2.19. The molecule has 0 rings (SSSR count). The molecule has 0 unspecified atom stereocenters. The lowest BCUT2D eigenvalue weighted by atomic mass is 10.2. The molecule has 1 N–H and O–H groups in total. The van der Waals surface area contributed by atoms with Gasteiger partial charge >= 0.3 is 5.51 Å². The van der Waals surface area contributed by atoms with E-state index in [4.69, 9.17) is 4.74 Å². The summed E-state index contributed by atoms with van der Waals surface area (Å²) >= 11 is -0.00616. The molecule has 0 bridgehead atoms. The van der Waals surface area contributed by atoms with Crippen molar-refractivity contribution < 1.29 is 17.9 Å². The maximum absolute atomic E-state index is 11.7. The van der Waals surface area contributed by atoms with Crippen molar-refractivity contribution >= 4 is 11.8 Å². The van der Waals surface area contributed by atoms with Crippen LogP contribution >= 0.6 is 11.8 Å². The SMILES string of the molecule is CC(C)(C)OCCNCCSC(F)(F)F. The molecule has 2 nitrogen and oxygen atoms in total. The second-order valence-electron chi connectivity index (χ2n) is 4.01. The number of thioether (sulfide) groups is 1. The van der Waals surface area contributed by atoms with Gasteiger partial charge in [-0.15, -0.1) is 0 Å². The lowest BCUT2D eigenvalue weighted by Crippen LogP contribution is -2.28. The first-order valence-corrected chi connectivity index (χ1v) is 5.75. The molecule has 0 heterocycles. The zero-order valence-corrected chi connectivity index (χ0v) is 10.1. The van der Waals surface area contributed by atoms with Gasteiger partial charge in [0.25, 0.3) is 0 Å². The summed E-state index contributed by atoms with van der Waals surface area (Å²) in [6.45, 7) is 7.25. The number of rotatable bonds is 6. The van der Waals surface area contributed by atoms with Gasteiger partial charge in [0.15, 0.2) is 0 Å². The van der Waals surface area contributed by atoms with Gasteiger partial charge in [0.05, 0.1) is 12.2 Å². The first-order valence-electron chi connectivity index (χ1n) is 4.76. The Balaban J connectivity index is 3.20. The van der Waals surface area contributed by atoms with Crippen LogP contribution in [-0.4, -0.2) is 36.6 Å². The number of nitrogens with one attached hydrogen (secondary N) is 1. The van der Waals surface area contributed by atoms with E-state index in [1.807, 2.05) is 20.8 Å². The summed E-state index contributed by atoms with van der Waals surface area (Å²) in [5, 5.41) is 2.88. The smallest absolute Gasteiger partial charge is 0.375 e. The Morgan fingerprint density at radius 1 is 1.13 bits per heavy atom. The summed E-state index contributed by atoms with van der Waals surface area (Å²) in [6, 6.07) is 0. The van der Waals surface area contributed by atoms with Crippen LogP contribution in [0.25, 0.3) is 0 Å². The average Bonchev–Trinajstić information content (AvgIpc) is 1.98. The molecular weight excluding hydrogens is 227 g/mol. The van der Waals surface area contributed by atoms with E-state index in [0.29, 0.717) is 19.7 Å². The Morgan fingerprint density at radius 3 is 2.20 bits per heavy atom. The highest BCUT2D eigenvalue weighted by Gasteiger charge is 2.27. The monoisotopic (exact) mass is 245 g/mol. The van der Waals surface area contributed by atoms with Gasteiger partial charge in [-0.05, 0) is 32.5 Å². The average molecular weight is 245 g/mol. The van der Waals surface area contributed by atoms with Crippen LogP contribution < -0.4 is 5.32 Å². The molecule has 0 amide bonds. The summed E-state index contributed by atoms with van der Waals surface area (Å²) in [7, 11) is 0. The molecule has 6 heteroatoms. The van der Waals surface area contributed by atoms with Crippen molar-refractivity contribution in [2.45, 2.75) is 31.9 Å². The molecule has 0 aliphatic carbocycles. The number of hydrogen-bond acceptors (Lipinski definition) is 3. The van der Waals surface area contributed by atoms with Crippen molar-refractivity contribution in [2.24, 2.45) is 0 Å². The van der Waals surface area contributed by atoms with Crippen LogP contribution in [0.3, 0.4) is 0 Å². The number of ether oxygens (including phenoxy) is 1. The van der Waals surface area contributed by atoms with E-state index < -0.39 is 5.51 Å². The third kappa shape index (κ3) is 14.1. The maximum atomic E-state index is 11.7. The molecule has 0 saturated carbocycles. The van der Waals surface area contributed by atoms with Gasteiger partial charge in [-0.25, -0.2) is 0 Å². The van der Waals surface area contributed by atoms with Gasteiger partial charge in [0.1, 0.15) is 0 Å². The van der Waals surface area contributed by atoms with E-state index in [2.05, 4.69) is 5.32 Å². The van der Waals surface area contributed by atoms with Crippen LogP contribution in [0.15, 0.2) is 0 Å². The molecule has 0 fully saturated rings. The van der Waals surface area contributed by atoms with Gasteiger partial charge in [-0.3, -0.25) is 0 Å². The Labute approximate surface area is 92.9 Å². The summed E-state index contributed by atoms with van der Waals surface area (Å²) in [4.78, 5) is 0. The summed E-state index contributed by atoms with van der Waals surface area (Å²) < 4.78 is 40.5. The van der Waals surface area contributed by atoms with E-state index in [1.54, 1.807) is 0 Å². The van der Waals surface area contributed by atoms with Gasteiger partial charge < -0.3 is 10.1 Å². The van der Waals surface area contributed by atoms with Gasteiger partial charge in [0.2, 0.25) is 0 Å². The van der Waals surface area contributed by atoms with E-state index in [1.165, 1.54) is 0 Å². The first-order chi connectivity index (χ1) is 6.71. The molecule has 0 spiro atoms. The largest absolute Gasteiger partial charge is 0.441 e. The third-order valence-corrected chi connectivity index (χ3v) is 2.09.